The van der Waals surface area contributed by atoms with E-state index in [9.17, 15) is 19.5 Å². The van der Waals surface area contributed by atoms with Crippen LogP contribution in [0, 0.1) is 0 Å². The molecule has 6 heteroatoms. The first-order valence-electron chi connectivity index (χ1n) is 14.1. The molecule has 0 radical (unpaired) electrons. The lowest BCUT2D eigenvalue weighted by atomic mass is 10.0. The van der Waals surface area contributed by atoms with Gasteiger partial charge >= 0.3 is 0 Å². The van der Waals surface area contributed by atoms with Crippen LogP contribution in [0.25, 0.3) is 10.9 Å². The third-order valence-corrected chi connectivity index (χ3v) is 6.92. The third-order valence-electron chi connectivity index (χ3n) is 6.92. The van der Waals surface area contributed by atoms with Crippen LogP contribution in [0.15, 0.2) is 23.0 Å². The second-order valence-corrected chi connectivity index (χ2v) is 10.1. The summed E-state index contributed by atoms with van der Waals surface area (Å²) in [6.45, 7) is 4.11. The smallest absolute Gasteiger partial charge is 0.263 e. The number of amides is 1. The predicted octanol–water partition coefficient (Wildman–Crippen LogP) is 7.43. The van der Waals surface area contributed by atoms with E-state index in [1.165, 1.54) is 103 Å². The number of ketones is 1. The molecule has 36 heavy (non-hydrogen) atoms. The molecule has 1 aromatic carbocycles. The fourth-order valence-corrected chi connectivity index (χ4v) is 4.73. The molecule has 6 nitrogen and oxygen atoms in total. The summed E-state index contributed by atoms with van der Waals surface area (Å²) >= 11 is 0. The Morgan fingerprint density at radius 3 is 1.81 bits per heavy atom. The van der Waals surface area contributed by atoms with Crippen LogP contribution in [0.2, 0.25) is 0 Å². The maximum absolute atomic E-state index is 12.5. The van der Waals surface area contributed by atoms with Gasteiger partial charge in [-0.25, -0.2) is 0 Å². The quantitative estimate of drug-likeness (QED) is 0.138. The summed E-state index contributed by atoms with van der Waals surface area (Å²) in [6, 6.07) is 4.67. The Morgan fingerprint density at radius 1 is 0.806 bits per heavy atom. The Morgan fingerprint density at radius 2 is 1.31 bits per heavy atom. The van der Waals surface area contributed by atoms with Crippen molar-refractivity contribution in [2.75, 3.05) is 6.54 Å². The van der Waals surface area contributed by atoms with E-state index in [0.717, 1.165) is 12.8 Å². The molecular weight excluding hydrogens is 452 g/mol. The molecular formula is C30H46N2O4. The molecule has 0 fully saturated rings. The lowest BCUT2D eigenvalue weighted by Gasteiger charge is -2.08. The number of unbranched alkanes of at least 4 members (excludes halogenated alkanes) is 15. The fourth-order valence-electron chi connectivity index (χ4n) is 4.73. The number of rotatable bonds is 19. The molecule has 0 aliphatic heterocycles. The highest BCUT2D eigenvalue weighted by Crippen LogP contribution is 2.26. The van der Waals surface area contributed by atoms with Crippen molar-refractivity contribution in [1.29, 1.82) is 0 Å². The minimum Gasteiger partial charge on any atom is -0.506 e. The summed E-state index contributed by atoms with van der Waals surface area (Å²) in [6.07, 6.45) is 21.0. The van der Waals surface area contributed by atoms with E-state index in [0.29, 0.717) is 23.0 Å². The van der Waals surface area contributed by atoms with Gasteiger partial charge in [0.05, 0.1) is 5.52 Å². The van der Waals surface area contributed by atoms with Crippen molar-refractivity contribution >= 4 is 22.6 Å². The molecule has 0 saturated carbocycles. The van der Waals surface area contributed by atoms with Gasteiger partial charge in [0.15, 0.2) is 5.78 Å². The zero-order valence-corrected chi connectivity index (χ0v) is 22.4. The predicted molar refractivity (Wildman–Crippen MR) is 148 cm³/mol. The van der Waals surface area contributed by atoms with Crippen molar-refractivity contribution in [2.45, 2.75) is 117 Å². The molecule has 0 spiro atoms. The minimum absolute atomic E-state index is 0.214. The maximum atomic E-state index is 12.5. The van der Waals surface area contributed by atoms with E-state index in [2.05, 4.69) is 17.2 Å². The lowest BCUT2D eigenvalue weighted by molar-refractivity contribution is 0.0951. The van der Waals surface area contributed by atoms with Crippen molar-refractivity contribution in [3.63, 3.8) is 0 Å². The number of carbonyl (C=O) groups excluding carboxylic acids is 2. The Bertz CT molecular complexity index is 1010. The number of H-pyrrole nitrogens is 1. The molecule has 0 unspecified atom stereocenters. The van der Waals surface area contributed by atoms with Gasteiger partial charge in [-0.1, -0.05) is 103 Å². The van der Waals surface area contributed by atoms with Crippen LogP contribution in [0.5, 0.6) is 5.75 Å². The van der Waals surface area contributed by atoms with Crippen molar-refractivity contribution in [2.24, 2.45) is 0 Å². The number of aromatic hydroxyl groups is 1. The van der Waals surface area contributed by atoms with Crippen LogP contribution in [-0.4, -0.2) is 28.3 Å². The molecule has 0 aliphatic carbocycles. The number of Topliss-reactive ketones (excluding diaryl/α,β-unsaturated/α-hetero) is 1. The third kappa shape index (κ3) is 10.2. The van der Waals surface area contributed by atoms with Gasteiger partial charge in [0.25, 0.3) is 11.5 Å². The maximum Gasteiger partial charge on any atom is 0.263 e. The second kappa shape index (κ2) is 16.9. The lowest BCUT2D eigenvalue weighted by Crippen LogP contribution is -2.24. The first-order chi connectivity index (χ1) is 17.5. The monoisotopic (exact) mass is 498 g/mol. The van der Waals surface area contributed by atoms with Crippen LogP contribution in [0.1, 0.15) is 137 Å². The van der Waals surface area contributed by atoms with Crippen LogP contribution >= 0.6 is 0 Å². The summed E-state index contributed by atoms with van der Waals surface area (Å²) in [5, 5.41) is 13.5. The number of carbonyl (C=O) groups is 2. The first kappa shape index (κ1) is 29.6. The van der Waals surface area contributed by atoms with E-state index in [-0.39, 0.29) is 17.2 Å². The summed E-state index contributed by atoms with van der Waals surface area (Å²) in [5.41, 5.74) is -0.177. The Balaban J connectivity index is 1.53. The number of benzene rings is 1. The summed E-state index contributed by atoms with van der Waals surface area (Å²) in [5.74, 6) is -1.06. The van der Waals surface area contributed by atoms with Crippen LogP contribution < -0.4 is 10.9 Å². The van der Waals surface area contributed by atoms with Gasteiger partial charge in [-0.3, -0.25) is 14.4 Å². The normalized spacial score (nSPS) is 11.2. The number of pyridine rings is 1. The molecule has 2 rings (SSSR count). The average Bonchev–Trinajstić information content (AvgIpc) is 2.85. The van der Waals surface area contributed by atoms with E-state index >= 15 is 0 Å². The van der Waals surface area contributed by atoms with Crippen molar-refractivity contribution in [1.82, 2.24) is 10.3 Å². The standard InChI is InChI=1S/C30H46N2O4/c1-3-4-5-6-7-8-9-10-11-12-13-14-15-16-17-18-21-31-29(35)24-19-20-25-26(22-24)32-30(36)27(23(2)33)28(25)34/h19-20,22H,3-18,21H2,1-2H3,(H,31,35)(H2,32,34,36). The highest BCUT2D eigenvalue weighted by Gasteiger charge is 2.16. The van der Waals surface area contributed by atoms with Gasteiger partial charge in [0, 0.05) is 17.5 Å². The topological polar surface area (TPSA) is 99.3 Å². The van der Waals surface area contributed by atoms with Gasteiger partial charge in [-0.2, -0.15) is 0 Å². The molecule has 200 valence electrons. The van der Waals surface area contributed by atoms with Crippen LogP contribution in [0.3, 0.4) is 0 Å². The number of aromatic nitrogens is 1. The first-order valence-corrected chi connectivity index (χ1v) is 14.1. The van der Waals surface area contributed by atoms with Crippen molar-refractivity contribution in [3.05, 3.63) is 39.7 Å². The van der Waals surface area contributed by atoms with Gasteiger partial charge in [0.1, 0.15) is 11.3 Å². The fraction of sp³-hybridized carbons (Fsp3) is 0.633. The van der Waals surface area contributed by atoms with Crippen molar-refractivity contribution < 1.29 is 14.7 Å². The Kier molecular flexibility index (Phi) is 13.9. The average molecular weight is 499 g/mol. The number of nitrogens with one attached hydrogen (secondary N) is 2. The Hall–Kier alpha value is -2.63. The van der Waals surface area contributed by atoms with Crippen LogP contribution in [-0.2, 0) is 0 Å². The van der Waals surface area contributed by atoms with E-state index in [1.54, 1.807) is 12.1 Å². The molecule has 1 amide bonds. The van der Waals surface area contributed by atoms with Gasteiger partial charge in [0.2, 0.25) is 0 Å². The zero-order chi connectivity index (χ0) is 26.2. The van der Waals surface area contributed by atoms with Gasteiger partial charge in [-0.05, 0) is 31.5 Å². The molecule has 1 heterocycles. The zero-order valence-electron chi connectivity index (χ0n) is 22.4. The molecule has 0 bridgehead atoms. The van der Waals surface area contributed by atoms with E-state index < -0.39 is 11.3 Å². The van der Waals surface area contributed by atoms with Gasteiger partial charge < -0.3 is 15.4 Å². The molecule has 3 N–H and O–H groups in total. The largest absolute Gasteiger partial charge is 0.506 e. The number of hydrogen-bond acceptors (Lipinski definition) is 4. The van der Waals surface area contributed by atoms with Gasteiger partial charge in [-0.15, -0.1) is 0 Å². The molecule has 0 saturated heterocycles. The van der Waals surface area contributed by atoms with Crippen LogP contribution in [0.4, 0.5) is 0 Å². The molecule has 0 aliphatic rings. The second-order valence-electron chi connectivity index (χ2n) is 10.1. The SMILES string of the molecule is CCCCCCCCCCCCCCCCCCNC(=O)c1ccc2c(O)c(C(C)=O)c(=O)[nH]c2c1. The minimum atomic E-state index is -0.654. The Labute approximate surface area is 216 Å². The van der Waals surface area contributed by atoms with E-state index in [4.69, 9.17) is 0 Å². The summed E-state index contributed by atoms with van der Waals surface area (Å²) < 4.78 is 0. The number of aromatic amines is 1. The van der Waals surface area contributed by atoms with E-state index in [1.807, 2.05) is 0 Å². The highest BCUT2D eigenvalue weighted by atomic mass is 16.3. The highest BCUT2D eigenvalue weighted by molar-refractivity contribution is 6.04. The summed E-state index contributed by atoms with van der Waals surface area (Å²) in [7, 11) is 0. The molecule has 1 aromatic heterocycles. The molecule has 2 aromatic rings. The number of fused-ring (bicyclic) bond motifs is 1. The summed E-state index contributed by atoms with van der Waals surface area (Å²) in [4.78, 5) is 38.7. The van der Waals surface area contributed by atoms with Crippen molar-refractivity contribution in [3.8, 4) is 5.75 Å². The number of hydrogen-bond donors (Lipinski definition) is 3. The molecule has 0 atom stereocenters.